The third-order valence-corrected chi connectivity index (χ3v) is 5.37. The van der Waals surface area contributed by atoms with E-state index in [0.29, 0.717) is 5.56 Å². The SMILES string of the molecule is O=C(O)c1ccc(-c2ccc(F)cc2)cc1/C=C/c1ccc2c(c1)C(O)CCC2. The molecule has 3 aromatic carbocycles. The van der Waals surface area contributed by atoms with Gasteiger partial charge in [0.1, 0.15) is 5.82 Å². The number of carbonyl (C=O) groups is 1. The molecule has 3 aromatic rings. The number of hydrogen-bond donors (Lipinski definition) is 2. The van der Waals surface area contributed by atoms with Crippen LogP contribution in [0, 0.1) is 5.82 Å². The molecule has 0 fully saturated rings. The molecule has 146 valence electrons. The summed E-state index contributed by atoms with van der Waals surface area (Å²) < 4.78 is 13.2. The van der Waals surface area contributed by atoms with E-state index in [4.69, 9.17) is 0 Å². The minimum atomic E-state index is -1.00. The first-order valence-corrected chi connectivity index (χ1v) is 9.63. The van der Waals surface area contributed by atoms with Gasteiger partial charge in [0, 0.05) is 0 Å². The minimum Gasteiger partial charge on any atom is -0.478 e. The molecule has 0 radical (unpaired) electrons. The predicted octanol–water partition coefficient (Wildman–Crippen LogP) is 5.73. The fourth-order valence-electron chi connectivity index (χ4n) is 3.80. The normalized spacial score (nSPS) is 16.0. The van der Waals surface area contributed by atoms with E-state index in [1.54, 1.807) is 36.4 Å². The van der Waals surface area contributed by atoms with Crippen molar-refractivity contribution < 1.29 is 19.4 Å². The maximum Gasteiger partial charge on any atom is 0.336 e. The van der Waals surface area contributed by atoms with E-state index in [0.717, 1.165) is 41.5 Å². The molecule has 4 rings (SSSR count). The van der Waals surface area contributed by atoms with Gasteiger partial charge < -0.3 is 10.2 Å². The Balaban J connectivity index is 1.70. The standard InChI is InChI=1S/C25H21FO3/c26-21-11-8-17(9-12-21)19-10-13-22(25(28)29)20(15-19)7-5-16-4-6-18-2-1-3-24(27)23(18)14-16/h4-15,24,27H,1-3H2,(H,28,29)/b7-5+. The fourth-order valence-corrected chi connectivity index (χ4v) is 3.80. The maximum atomic E-state index is 13.2. The molecule has 0 bridgehead atoms. The third kappa shape index (κ3) is 4.13. The molecule has 1 atom stereocenters. The van der Waals surface area contributed by atoms with Gasteiger partial charge in [-0.05, 0) is 83.0 Å². The van der Waals surface area contributed by atoms with Gasteiger partial charge in [0.2, 0.25) is 0 Å². The number of benzene rings is 3. The Hall–Kier alpha value is -3.24. The van der Waals surface area contributed by atoms with Crippen LogP contribution in [0.3, 0.4) is 0 Å². The molecule has 0 amide bonds. The largest absolute Gasteiger partial charge is 0.478 e. The maximum absolute atomic E-state index is 13.2. The zero-order chi connectivity index (χ0) is 20.4. The second-order valence-electron chi connectivity index (χ2n) is 7.31. The van der Waals surface area contributed by atoms with Gasteiger partial charge in [0.15, 0.2) is 0 Å². The molecule has 3 nitrogen and oxygen atoms in total. The van der Waals surface area contributed by atoms with E-state index < -0.39 is 12.1 Å². The highest BCUT2D eigenvalue weighted by molar-refractivity contribution is 5.94. The molecule has 0 saturated carbocycles. The summed E-state index contributed by atoms with van der Waals surface area (Å²) in [6.45, 7) is 0. The van der Waals surface area contributed by atoms with E-state index in [-0.39, 0.29) is 11.4 Å². The van der Waals surface area contributed by atoms with Gasteiger partial charge >= 0.3 is 5.97 Å². The average molecular weight is 388 g/mol. The van der Waals surface area contributed by atoms with Crippen LogP contribution >= 0.6 is 0 Å². The van der Waals surface area contributed by atoms with E-state index >= 15 is 0 Å². The Kier molecular flexibility index (Phi) is 5.28. The van der Waals surface area contributed by atoms with Gasteiger partial charge in [-0.3, -0.25) is 0 Å². The first-order valence-electron chi connectivity index (χ1n) is 9.63. The van der Waals surface area contributed by atoms with Crippen LogP contribution in [-0.4, -0.2) is 16.2 Å². The Morgan fingerprint density at radius 3 is 2.48 bits per heavy atom. The number of hydrogen-bond acceptors (Lipinski definition) is 2. The molecule has 4 heteroatoms. The quantitative estimate of drug-likeness (QED) is 0.561. The molecule has 29 heavy (non-hydrogen) atoms. The molecule has 0 saturated heterocycles. The molecule has 1 aliphatic rings. The molecular weight excluding hydrogens is 367 g/mol. The third-order valence-electron chi connectivity index (χ3n) is 5.37. The Labute approximate surface area is 168 Å². The van der Waals surface area contributed by atoms with Crippen molar-refractivity contribution in [2.45, 2.75) is 25.4 Å². The zero-order valence-electron chi connectivity index (χ0n) is 15.8. The molecule has 1 aliphatic carbocycles. The molecule has 2 N–H and O–H groups in total. The van der Waals surface area contributed by atoms with Crippen LogP contribution in [0.5, 0.6) is 0 Å². The van der Waals surface area contributed by atoms with Crippen molar-refractivity contribution in [2.75, 3.05) is 0 Å². The van der Waals surface area contributed by atoms with Crippen LogP contribution in [0.4, 0.5) is 4.39 Å². The number of halogens is 1. The summed E-state index contributed by atoms with van der Waals surface area (Å²) >= 11 is 0. The molecule has 1 unspecified atom stereocenters. The molecule has 0 spiro atoms. The smallest absolute Gasteiger partial charge is 0.336 e. The summed E-state index contributed by atoms with van der Waals surface area (Å²) in [4.78, 5) is 11.6. The zero-order valence-corrected chi connectivity index (χ0v) is 15.8. The van der Waals surface area contributed by atoms with Gasteiger partial charge in [-0.2, -0.15) is 0 Å². The lowest BCUT2D eigenvalue weighted by Gasteiger charge is -2.21. The first kappa shape index (κ1) is 19.1. The summed E-state index contributed by atoms with van der Waals surface area (Å²) in [5.41, 5.74) is 5.43. The highest BCUT2D eigenvalue weighted by atomic mass is 19.1. The van der Waals surface area contributed by atoms with Crippen LogP contribution in [0.2, 0.25) is 0 Å². The second-order valence-corrected chi connectivity index (χ2v) is 7.31. The topological polar surface area (TPSA) is 57.5 Å². The van der Waals surface area contributed by atoms with Crippen LogP contribution in [0.1, 0.15) is 51.6 Å². The van der Waals surface area contributed by atoms with Gasteiger partial charge in [-0.15, -0.1) is 0 Å². The van der Waals surface area contributed by atoms with Gasteiger partial charge in [-0.1, -0.05) is 42.5 Å². The van der Waals surface area contributed by atoms with E-state index in [1.807, 2.05) is 24.3 Å². The number of rotatable bonds is 4. The van der Waals surface area contributed by atoms with Gasteiger partial charge in [0.05, 0.1) is 11.7 Å². The van der Waals surface area contributed by atoms with Crippen LogP contribution in [-0.2, 0) is 6.42 Å². The van der Waals surface area contributed by atoms with Crippen LogP contribution in [0.15, 0.2) is 60.7 Å². The highest BCUT2D eigenvalue weighted by Crippen LogP contribution is 2.31. The summed E-state index contributed by atoms with van der Waals surface area (Å²) in [5.74, 6) is -1.32. The summed E-state index contributed by atoms with van der Waals surface area (Å²) in [5, 5.41) is 19.8. The first-order chi connectivity index (χ1) is 14.0. The highest BCUT2D eigenvalue weighted by Gasteiger charge is 2.17. The lowest BCUT2D eigenvalue weighted by atomic mass is 9.88. The van der Waals surface area contributed by atoms with Crippen molar-refractivity contribution in [3.05, 3.63) is 94.3 Å². The van der Waals surface area contributed by atoms with Crippen molar-refractivity contribution in [1.29, 1.82) is 0 Å². The predicted molar refractivity (Wildman–Crippen MR) is 112 cm³/mol. The van der Waals surface area contributed by atoms with Gasteiger partial charge in [0.25, 0.3) is 0 Å². The van der Waals surface area contributed by atoms with Crippen molar-refractivity contribution in [3.63, 3.8) is 0 Å². The number of carboxylic acids is 1. The Morgan fingerprint density at radius 1 is 0.966 bits per heavy atom. The number of fused-ring (bicyclic) bond motifs is 1. The van der Waals surface area contributed by atoms with Crippen molar-refractivity contribution in [2.24, 2.45) is 0 Å². The summed E-state index contributed by atoms with van der Waals surface area (Å²) in [7, 11) is 0. The lowest BCUT2D eigenvalue weighted by molar-refractivity contribution is 0.0696. The fraction of sp³-hybridized carbons (Fsp3) is 0.160. The number of aromatic carboxylic acids is 1. The van der Waals surface area contributed by atoms with Crippen LogP contribution < -0.4 is 0 Å². The van der Waals surface area contributed by atoms with Crippen molar-refractivity contribution >= 4 is 18.1 Å². The minimum absolute atomic E-state index is 0.199. The number of aliphatic hydroxyl groups is 1. The molecule has 0 heterocycles. The molecule has 0 aromatic heterocycles. The number of aliphatic hydroxyl groups excluding tert-OH is 1. The lowest BCUT2D eigenvalue weighted by Crippen LogP contribution is -2.09. The van der Waals surface area contributed by atoms with E-state index in [1.165, 1.54) is 17.7 Å². The average Bonchev–Trinajstić information content (AvgIpc) is 2.73. The van der Waals surface area contributed by atoms with Crippen molar-refractivity contribution in [1.82, 2.24) is 0 Å². The number of carboxylic acid groups (broad SMARTS) is 1. The summed E-state index contributed by atoms with van der Waals surface area (Å²) in [6.07, 6.45) is 5.91. The second kappa shape index (κ2) is 8.02. The van der Waals surface area contributed by atoms with E-state index in [2.05, 4.69) is 0 Å². The molecule has 0 aliphatic heterocycles. The molecular formula is C25H21FO3. The van der Waals surface area contributed by atoms with E-state index in [9.17, 15) is 19.4 Å². The van der Waals surface area contributed by atoms with Gasteiger partial charge in [-0.25, -0.2) is 9.18 Å². The number of aryl methyl sites for hydroxylation is 1. The monoisotopic (exact) mass is 388 g/mol. The van der Waals surface area contributed by atoms with Crippen molar-refractivity contribution in [3.8, 4) is 11.1 Å². The summed E-state index contributed by atoms with van der Waals surface area (Å²) in [6, 6.07) is 17.2. The Bertz CT molecular complexity index is 1080. The van der Waals surface area contributed by atoms with Crippen LogP contribution in [0.25, 0.3) is 23.3 Å². The Morgan fingerprint density at radius 2 is 1.72 bits per heavy atom.